The highest BCUT2D eigenvalue weighted by atomic mass is 32.2. The summed E-state index contributed by atoms with van der Waals surface area (Å²) in [4.78, 5) is 12.6. The van der Waals surface area contributed by atoms with Crippen LogP contribution in [0.5, 0.6) is 0 Å². The minimum atomic E-state index is -3.93. The summed E-state index contributed by atoms with van der Waals surface area (Å²) in [6.45, 7) is 5.06. The third-order valence-electron chi connectivity index (χ3n) is 4.11. The number of esters is 1. The fraction of sp³-hybridized carbons (Fsp3) is 0.750. The van der Waals surface area contributed by atoms with Gasteiger partial charge in [-0.2, -0.15) is 9.82 Å². The van der Waals surface area contributed by atoms with E-state index in [-0.39, 0.29) is 17.3 Å². The van der Waals surface area contributed by atoms with Gasteiger partial charge in [-0.05, 0) is 45.6 Å². The smallest absolute Gasteiger partial charge is 0.330 e. The van der Waals surface area contributed by atoms with Gasteiger partial charge in [0.05, 0.1) is 23.0 Å². The van der Waals surface area contributed by atoms with Gasteiger partial charge in [0.2, 0.25) is 10.0 Å². The van der Waals surface area contributed by atoms with Crippen molar-refractivity contribution in [3.05, 3.63) is 18.0 Å². The summed E-state index contributed by atoms with van der Waals surface area (Å²) in [5.41, 5.74) is -0.458. The van der Waals surface area contributed by atoms with Gasteiger partial charge in [0.15, 0.2) is 15.9 Å². The van der Waals surface area contributed by atoms with Crippen molar-refractivity contribution >= 4 is 25.8 Å². The molecule has 1 aromatic rings. The first kappa shape index (κ1) is 21.8. The van der Waals surface area contributed by atoms with Crippen molar-refractivity contribution in [3.8, 4) is 0 Å². The summed E-state index contributed by atoms with van der Waals surface area (Å²) < 4.78 is 57.9. The van der Waals surface area contributed by atoms with Gasteiger partial charge in [-0.3, -0.25) is 4.68 Å². The third-order valence-corrected chi connectivity index (χ3v) is 7.50. The fourth-order valence-electron chi connectivity index (χ4n) is 3.04. The second-order valence-electron chi connectivity index (χ2n) is 7.87. The van der Waals surface area contributed by atoms with E-state index < -0.39 is 43.4 Å². The average molecular weight is 422 g/mol. The molecule has 9 nitrogen and oxygen atoms in total. The van der Waals surface area contributed by atoms with Crippen LogP contribution in [0.4, 0.5) is 0 Å². The maximum atomic E-state index is 12.7. The van der Waals surface area contributed by atoms with Crippen molar-refractivity contribution in [2.45, 2.75) is 45.3 Å². The summed E-state index contributed by atoms with van der Waals surface area (Å²) >= 11 is 0. The molecule has 0 amide bonds. The molecule has 2 atom stereocenters. The molecular formula is C16H27N3O6S2. The van der Waals surface area contributed by atoms with Crippen molar-refractivity contribution in [2.75, 3.05) is 17.3 Å². The second kappa shape index (κ2) is 7.88. The summed E-state index contributed by atoms with van der Waals surface area (Å²) in [6.07, 6.45) is 2.41. The Hall–Kier alpha value is -1.46. The number of ether oxygens (including phenoxy) is 1. The molecule has 0 aliphatic carbocycles. The SMILES string of the molecule is Cn1nccc1C(NS(=O)(=O)CC1CCCS(=O)(=O)C1)C(=O)OC(C)(C)C. The van der Waals surface area contributed by atoms with E-state index in [0.29, 0.717) is 18.5 Å². The highest BCUT2D eigenvalue weighted by molar-refractivity contribution is 7.91. The van der Waals surface area contributed by atoms with E-state index >= 15 is 0 Å². The lowest BCUT2D eigenvalue weighted by atomic mass is 10.1. The number of carbonyl (C=O) groups excluding carboxylic acids is 1. The van der Waals surface area contributed by atoms with Crippen LogP contribution < -0.4 is 4.72 Å². The summed E-state index contributed by atoms with van der Waals surface area (Å²) in [7, 11) is -5.56. The predicted molar refractivity (Wildman–Crippen MR) is 100 cm³/mol. The maximum Gasteiger partial charge on any atom is 0.330 e. The van der Waals surface area contributed by atoms with Gasteiger partial charge in [-0.25, -0.2) is 21.6 Å². The molecule has 0 radical (unpaired) electrons. The Kier molecular flexibility index (Phi) is 6.37. The molecule has 1 saturated heterocycles. The monoisotopic (exact) mass is 421 g/mol. The highest BCUT2D eigenvalue weighted by Crippen LogP contribution is 2.23. The minimum Gasteiger partial charge on any atom is -0.458 e. The molecule has 0 spiro atoms. The number of aromatic nitrogens is 2. The summed E-state index contributed by atoms with van der Waals surface area (Å²) in [5, 5.41) is 3.98. The number of hydrogen-bond acceptors (Lipinski definition) is 7. The van der Waals surface area contributed by atoms with Gasteiger partial charge in [-0.15, -0.1) is 0 Å². The van der Waals surface area contributed by atoms with E-state index in [9.17, 15) is 21.6 Å². The topological polar surface area (TPSA) is 124 Å². The van der Waals surface area contributed by atoms with Crippen molar-refractivity contribution in [2.24, 2.45) is 13.0 Å². The zero-order valence-electron chi connectivity index (χ0n) is 16.0. The number of hydrogen-bond donors (Lipinski definition) is 1. The van der Waals surface area contributed by atoms with E-state index in [1.54, 1.807) is 27.8 Å². The van der Waals surface area contributed by atoms with Crippen molar-refractivity contribution in [3.63, 3.8) is 0 Å². The van der Waals surface area contributed by atoms with E-state index in [0.717, 1.165) is 0 Å². The van der Waals surface area contributed by atoms with Crippen LogP contribution in [0.1, 0.15) is 45.3 Å². The van der Waals surface area contributed by atoms with Gasteiger partial charge in [-0.1, -0.05) is 0 Å². The molecule has 1 aliphatic rings. The molecule has 27 heavy (non-hydrogen) atoms. The Bertz CT molecular complexity index is 884. The maximum absolute atomic E-state index is 12.7. The molecule has 2 heterocycles. The van der Waals surface area contributed by atoms with Gasteiger partial charge in [0.1, 0.15) is 5.60 Å². The molecule has 0 aromatic carbocycles. The van der Waals surface area contributed by atoms with Crippen molar-refractivity contribution in [1.29, 1.82) is 0 Å². The summed E-state index contributed by atoms with van der Waals surface area (Å²) in [5.74, 6) is -1.66. The normalized spacial score (nSPS) is 21.6. The second-order valence-corrected chi connectivity index (χ2v) is 11.9. The number of nitrogens with one attached hydrogen (secondary N) is 1. The number of nitrogens with zero attached hydrogens (tertiary/aromatic N) is 2. The van der Waals surface area contributed by atoms with Crippen LogP contribution in [0.15, 0.2) is 12.3 Å². The van der Waals surface area contributed by atoms with Crippen LogP contribution in [-0.4, -0.2) is 55.4 Å². The molecule has 0 saturated carbocycles. The number of rotatable bonds is 6. The molecule has 1 aliphatic heterocycles. The van der Waals surface area contributed by atoms with Gasteiger partial charge in [0.25, 0.3) is 0 Å². The molecule has 2 rings (SSSR count). The molecular weight excluding hydrogens is 394 g/mol. The van der Waals surface area contributed by atoms with Crippen LogP contribution >= 0.6 is 0 Å². The Labute approximate surface area is 160 Å². The van der Waals surface area contributed by atoms with Gasteiger partial charge < -0.3 is 4.74 Å². The van der Waals surface area contributed by atoms with Gasteiger partial charge in [0, 0.05) is 13.2 Å². The van der Waals surface area contributed by atoms with E-state index in [1.165, 1.54) is 16.9 Å². The molecule has 0 bridgehead atoms. The van der Waals surface area contributed by atoms with Crippen LogP contribution in [-0.2, 0) is 36.4 Å². The van der Waals surface area contributed by atoms with E-state index in [4.69, 9.17) is 4.74 Å². The number of aryl methyl sites for hydroxylation is 1. The molecule has 154 valence electrons. The largest absolute Gasteiger partial charge is 0.458 e. The molecule has 1 fully saturated rings. The zero-order valence-corrected chi connectivity index (χ0v) is 17.6. The van der Waals surface area contributed by atoms with Crippen LogP contribution in [0.25, 0.3) is 0 Å². The molecule has 1 N–H and O–H groups in total. The lowest BCUT2D eigenvalue weighted by Crippen LogP contribution is -2.42. The zero-order chi connectivity index (χ0) is 20.5. The van der Waals surface area contributed by atoms with Crippen LogP contribution in [0.2, 0.25) is 0 Å². The van der Waals surface area contributed by atoms with Crippen molar-refractivity contribution < 1.29 is 26.4 Å². The molecule has 2 unspecified atom stereocenters. The third kappa shape index (κ3) is 6.58. The Morgan fingerprint density at radius 1 is 1.44 bits per heavy atom. The van der Waals surface area contributed by atoms with E-state index in [2.05, 4.69) is 9.82 Å². The van der Waals surface area contributed by atoms with E-state index in [1.807, 2.05) is 0 Å². The Morgan fingerprint density at radius 2 is 2.11 bits per heavy atom. The Morgan fingerprint density at radius 3 is 2.63 bits per heavy atom. The van der Waals surface area contributed by atoms with Crippen LogP contribution in [0, 0.1) is 5.92 Å². The lowest BCUT2D eigenvalue weighted by molar-refractivity contribution is -0.157. The first-order valence-corrected chi connectivity index (χ1v) is 12.2. The predicted octanol–water partition coefficient (Wildman–Crippen LogP) is 0.547. The van der Waals surface area contributed by atoms with Gasteiger partial charge >= 0.3 is 5.97 Å². The molecule has 11 heteroatoms. The summed E-state index contributed by atoms with van der Waals surface area (Å²) in [6, 6.07) is 0.268. The van der Waals surface area contributed by atoms with Crippen LogP contribution in [0.3, 0.4) is 0 Å². The fourth-order valence-corrected chi connectivity index (χ4v) is 6.55. The standard InChI is InChI=1S/C16H27N3O6S2/c1-16(2,3)25-15(20)14(13-7-8-17-19(13)4)18-27(23,24)11-12-6-5-9-26(21,22)10-12/h7-8,12,14,18H,5-6,9-11H2,1-4H3. The lowest BCUT2D eigenvalue weighted by Gasteiger charge is -2.26. The highest BCUT2D eigenvalue weighted by Gasteiger charge is 2.35. The Balaban J connectivity index is 2.21. The molecule has 1 aromatic heterocycles. The average Bonchev–Trinajstić information content (AvgIpc) is 2.87. The minimum absolute atomic E-state index is 0.0898. The number of sulfonamides is 1. The first-order chi connectivity index (χ1) is 12.3. The quantitative estimate of drug-likeness (QED) is 0.665. The van der Waals surface area contributed by atoms with Crippen molar-refractivity contribution in [1.82, 2.24) is 14.5 Å². The number of carbonyl (C=O) groups is 1. The first-order valence-electron chi connectivity index (χ1n) is 8.69. The number of sulfone groups is 1.